The van der Waals surface area contributed by atoms with Gasteiger partial charge in [0.05, 0.1) is 18.8 Å². The predicted molar refractivity (Wildman–Crippen MR) is 111 cm³/mol. The molecule has 1 aromatic heterocycles. The van der Waals surface area contributed by atoms with Crippen molar-refractivity contribution in [2.45, 2.75) is 64.5 Å². The lowest BCUT2D eigenvalue weighted by Gasteiger charge is -2.27. The van der Waals surface area contributed by atoms with Crippen LogP contribution in [-0.4, -0.2) is 36.5 Å². The van der Waals surface area contributed by atoms with Crippen LogP contribution in [0.3, 0.4) is 0 Å². The number of rotatable bonds is 7. The van der Waals surface area contributed by atoms with Crippen molar-refractivity contribution in [2.24, 2.45) is 10.7 Å². The van der Waals surface area contributed by atoms with E-state index in [2.05, 4.69) is 29.1 Å². The molecule has 138 valence electrons. The molecule has 1 heterocycles. The maximum atomic E-state index is 6.13. The van der Waals surface area contributed by atoms with E-state index in [9.17, 15) is 0 Å². The third-order valence-electron chi connectivity index (χ3n) is 4.77. The smallest absolute Gasteiger partial charge is 0.188 e. The minimum Gasteiger partial charge on any atom is -0.468 e. The molecule has 1 aliphatic carbocycles. The quantitative estimate of drug-likeness (QED) is 0.287. The van der Waals surface area contributed by atoms with E-state index in [0.29, 0.717) is 18.5 Å². The Labute approximate surface area is 163 Å². The second-order valence-corrected chi connectivity index (χ2v) is 6.31. The minimum absolute atomic E-state index is 0. The molecule has 3 N–H and O–H groups in total. The average molecular weight is 448 g/mol. The summed E-state index contributed by atoms with van der Waals surface area (Å²) in [6.45, 7) is 6.88. The maximum Gasteiger partial charge on any atom is 0.188 e. The van der Waals surface area contributed by atoms with Gasteiger partial charge in [-0.3, -0.25) is 9.89 Å². The lowest BCUT2D eigenvalue weighted by atomic mass is 10.1. The zero-order valence-electron chi connectivity index (χ0n) is 15.0. The number of nitrogens with one attached hydrogen (secondary N) is 1. The molecule has 6 heteroatoms. The number of hydrogen-bond donors (Lipinski definition) is 2. The van der Waals surface area contributed by atoms with Crippen LogP contribution in [0.25, 0.3) is 0 Å². The summed E-state index contributed by atoms with van der Waals surface area (Å²) in [5, 5.41) is 3.41. The Morgan fingerprint density at radius 2 is 1.96 bits per heavy atom. The largest absolute Gasteiger partial charge is 0.468 e. The first kappa shape index (κ1) is 21.3. The molecule has 1 aliphatic rings. The molecular formula is C18H33IN4O. The van der Waals surface area contributed by atoms with E-state index in [1.54, 1.807) is 6.26 Å². The molecule has 0 aromatic carbocycles. The number of nitrogens with two attached hydrogens (primary N) is 1. The normalized spacial score (nSPS) is 18.0. The van der Waals surface area contributed by atoms with Crippen LogP contribution in [0.5, 0.6) is 0 Å². The van der Waals surface area contributed by atoms with Crippen molar-refractivity contribution in [3.05, 3.63) is 24.2 Å². The van der Waals surface area contributed by atoms with Crippen LogP contribution in [-0.2, 0) is 0 Å². The van der Waals surface area contributed by atoms with Crippen molar-refractivity contribution < 1.29 is 4.42 Å². The molecule has 1 unspecified atom stereocenters. The summed E-state index contributed by atoms with van der Waals surface area (Å²) in [6, 6.07) is 4.59. The van der Waals surface area contributed by atoms with Gasteiger partial charge in [0.15, 0.2) is 5.96 Å². The number of hydrogen-bond acceptors (Lipinski definition) is 3. The van der Waals surface area contributed by atoms with E-state index in [1.807, 2.05) is 12.1 Å². The first-order chi connectivity index (χ1) is 11.2. The van der Waals surface area contributed by atoms with Crippen molar-refractivity contribution in [3.8, 4) is 0 Å². The van der Waals surface area contributed by atoms with Crippen LogP contribution in [0.4, 0.5) is 0 Å². The molecule has 0 spiro atoms. The van der Waals surface area contributed by atoms with Crippen LogP contribution in [0.1, 0.15) is 64.2 Å². The third-order valence-corrected chi connectivity index (χ3v) is 4.77. The van der Waals surface area contributed by atoms with Gasteiger partial charge in [0.25, 0.3) is 0 Å². The van der Waals surface area contributed by atoms with E-state index in [-0.39, 0.29) is 30.0 Å². The number of aliphatic imine (C=N–C) groups is 1. The Bertz CT molecular complexity index is 452. The molecule has 0 saturated heterocycles. The highest BCUT2D eigenvalue weighted by Crippen LogP contribution is 2.21. The molecule has 1 atom stereocenters. The summed E-state index contributed by atoms with van der Waals surface area (Å²) in [4.78, 5) is 6.95. The summed E-state index contributed by atoms with van der Waals surface area (Å²) in [5.41, 5.74) is 6.13. The Morgan fingerprint density at radius 1 is 1.29 bits per heavy atom. The highest BCUT2D eigenvalue weighted by molar-refractivity contribution is 14.0. The molecule has 5 nitrogen and oxygen atoms in total. The van der Waals surface area contributed by atoms with Crippen LogP contribution in [0.15, 0.2) is 27.8 Å². The fraction of sp³-hybridized carbons (Fsp3) is 0.722. The van der Waals surface area contributed by atoms with Gasteiger partial charge in [-0.05, 0) is 38.1 Å². The molecule has 2 rings (SSSR count). The standard InChI is InChI=1S/C18H32N4O.HI/c1-3-22(4-2)16(17-12-9-13-23-17)14-20-18(19)21-15-10-7-5-6-8-11-15;/h9,12-13,15-16H,3-8,10-11,14H2,1-2H3,(H3,19,20,21);1H. The molecule has 0 radical (unpaired) electrons. The van der Waals surface area contributed by atoms with E-state index < -0.39 is 0 Å². The lowest BCUT2D eigenvalue weighted by molar-refractivity contribution is 0.198. The van der Waals surface area contributed by atoms with Crippen molar-refractivity contribution >= 4 is 29.9 Å². The van der Waals surface area contributed by atoms with Crippen molar-refractivity contribution in [1.29, 1.82) is 0 Å². The fourth-order valence-electron chi connectivity index (χ4n) is 3.39. The van der Waals surface area contributed by atoms with Crippen molar-refractivity contribution in [1.82, 2.24) is 10.2 Å². The second kappa shape index (κ2) is 11.7. The number of guanidine groups is 1. The Kier molecular flexibility index (Phi) is 10.4. The number of likely N-dealkylation sites (N-methyl/N-ethyl adjacent to an activating group) is 1. The Morgan fingerprint density at radius 3 is 2.50 bits per heavy atom. The van der Waals surface area contributed by atoms with Gasteiger partial charge < -0.3 is 15.5 Å². The van der Waals surface area contributed by atoms with Gasteiger partial charge in [-0.2, -0.15) is 0 Å². The van der Waals surface area contributed by atoms with Gasteiger partial charge in [0, 0.05) is 6.04 Å². The van der Waals surface area contributed by atoms with Crippen LogP contribution in [0, 0.1) is 0 Å². The van der Waals surface area contributed by atoms with Gasteiger partial charge in [0.2, 0.25) is 0 Å². The van der Waals surface area contributed by atoms with Gasteiger partial charge >= 0.3 is 0 Å². The first-order valence-electron chi connectivity index (χ1n) is 9.08. The Hall–Kier alpha value is -0.760. The third kappa shape index (κ3) is 6.63. The molecule has 0 amide bonds. The molecular weight excluding hydrogens is 415 g/mol. The predicted octanol–water partition coefficient (Wildman–Crippen LogP) is 3.91. The van der Waals surface area contributed by atoms with Crippen molar-refractivity contribution in [3.63, 3.8) is 0 Å². The van der Waals surface area contributed by atoms with Crippen molar-refractivity contribution in [2.75, 3.05) is 19.6 Å². The number of halogens is 1. The highest BCUT2D eigenvalue weighted by atomic mass is 127. The Balaban J connectivity index is 0.00000288. The summed E-state index contributed by atoms with van der Waals surface area (Å²) >= 11 is 0. The number of nitrogens with zero attached hydrogens (tertiary/aromatic N) is 2. The van der Waals surface area contributed by atoms with Gasteiger partial charge in [-0.15, -0.1) is 24.0 Å². The molecule has 1 saturated carbocycles. The van der Waals surface area contributed by atoms with E-state index in [0.717, 1.165) is 18.8 Å². The fourth-order valence-corrected chi connectivity index (χ4v) is 3.39. The summed E-state index contributed by atoms with van der Waals surface area (Å²) in [7, 11) is 0. The van der Waals surface area contributed by atoms with E-state index >= 15 is 0 Å². The van der Waals surface area contributed by atoms with Crippen LogP contribution < -0.4 is 11.1 Å². The number of furan rings is 1. The second-order valence-electron chi connectivity index (χ2n) is 6.31. The van der Waals surface area contributed by atoms with E-state index in [4.69, 9.17) is 10.2 Å². The average Bonchev–Trinajstić information content (AvgIpc) is 2.96. The topological polar surface area (TPSA) is 66.8 Å². The van der Waals surface area contributed by atoms with Crippen LogP contribution in [0.2, 0.25) is 0 Å². The van der Waals surface area contributed by atoms with Gasteiger partial charge in [0.1, 0.15) is 5.76 Å². The summed E-state index contributed by atoms with van der Waals surface area (Å²) < 4.78 is 5.61. The van der Waals surface area contributed by atoms with Gasteiger partial charge in [-0.1, -0.05) is 39.5 Å². The van der Waals surface area contributed by atoms with Crippen LogP contribution >= 0.6 is 24.0 Å². The SMILES string of the molecule is CCN(CC)C(CN=C(N)NC1CCCCCC1)c1ccco1.I. The minimum atomic E-state index is 0. The zero-order chi connectivity index (χ0) is 16.5. The first-order valence-corrected chi connectivity index (χ1v) is 9.08. The molecule has 1 aromatic rings. The maximum absolute atomic E-state index is 6.13. The highest BCUT2D eigenvalue weighted by Gasteiger charge is 2.20. The summed E-state index contributed by atoms with van der Waals surface area (Å²) in [5.74, 6) is 1.53. The molecule has 24 heavy (non-hydrogen) atoms. The molecule has 0 bridgehead atoms. The monoisotopic (exact) mass is 448 g/mol. The zero-order valence-corrected chi connectivity index (χ0v) is 17.4. The molecule has 1 fully saturated rings. The van der Waals surface area contributed by atoms with Gasteiger partial charge in [-0.25, -0.2) is 0 Å². The van der Waals surface area contributed by atoms with E-state index in [1.165, 1.54) is 38.5 Å². The molecule has 0 aliphatic heterocycles. The summed E-state index contributed by atoms with van der Waals surface area (Å²) in [6.07, 6.45) is 9.40. The lowest BCUT2D eigenvalue weighted by Crippen LogP contribution is -2.40.